The monoisotopic (exact) mass is 744 g/mol. The van der Waals surface area contributed by atoms with Gasteiger partial charge >= 0.3 is 11.9 Å². The fourth-order valence-corrected chi connectivity index (χ4v) is 13.0. The Morgan fingerprint density at radius 2 is 1.65 bits per heavy atom. The molecule has 2 heterocycles. The molecule has 0 bridgehead atoms. The third kappa shape index (κ3) is 5.75. The van der Waals surface area contributed by atoms with Gasteiger partial charge in [-0.3, -0.25) is 14.4 Å². The summed E-state index contributed by atoms with van der Waals surface area (Å²) in [5.41, 5.74) is 0.745. The van der Waals surface area contributed by atoms with Crippen LogP contribution in [0.3, 0.4) is 0 Å². The molecular weight excluding hydrogens is 684 g/mol. The Labute approximate surface area is 319 Å². The maximum Gasteiger partial charge on any atom is 0.309 e. The van der Waals surface area contributed by atoms with E-state index >= 15 is 0 Å². The molecule has 5 aliphatic carbocycles. The number of methoxy groups -OCH3 is 1. The van der Waals surface area contributed by atoms with E-state index in [1.807, 2.05) is 0 Å². The predicted molar refractivity (Wildman–Crippen MR) is 201 cm³/mol. The van der Waals surface area contributed by atoms with Crippen molar-refractivity contribution >= 4 is 17.7 Å². The minimum atomic E-state index is -1.17. The average molecular weight is 745 g/mol. The van der Waals surface area contributed by atoms with Gasteiger partial charge in [0, 0.05) is 23.7 Å². The van der Waals surface area contributed by atoms with Crippen LogP contribution in [0.1, 0.15) is 132 Å². The number of carbonyl (C=O) groups excluding carboxylic acids is 2. The highest BCUT2D eigenvalue weighted by Gasteiger charge is 2.70. The molecule has 2 aromatic heterocycles. The predicted octanol–water partition coefficient (Wildman–Crippen LogP) is 8.47. The van der Waals surface area contributed by atoms with Crippen LogP contribution in [0.4, 0.5) is 0 Å². The number of carboxylic acid groups (broad SMARTS) is 1. The molecule has 1 N–H and O–H groups in total. The molecule has 54 heavy (non-hydrogen) atoms. The second-order valence-electron chi connectivity index (χ2n) is 19.8. The molecule has 0 saturated heterocycles. The average Bonchev–Trinajstić information content (AvgIpc) is 3.67. The topological polar surface area (TPSA) is 155 Å². The SMILES string of the molecule is COc1cnc(-c2nnc(C[C@@]34CC[C@]5(C)[C@H](CC[C@@H]6[C@@]7(C)CC[C@H](OC(=O)CC(C)(C)C(=O)O)C(C)(C)[C@@H]7CC[C@]65C)C3=C(C(C)C)C(=O)C4)o2)nc1. The van der Waals surface area contributed by atoms with Gasteiger partial charge in [0.1, 0.15) is 6.10 Å². The summed E-state index contributed by atoms with van der Waals surface area (Å²) in [5.74, 6) is 1.79. The van der Waals surface area contributed by atoms with E-state index in [0.29, 0.717) is 42.1 Å². The molecule has 294 valence electrons. The first-order valence-electron chi connectivity index (χ1n) is 20.1. The number of ketones is 1. The largest absolute Gasteiger partial charge is 0.494 e. The Bertz CT molecular complexity index is 1860. The second-order valence-corrected chi connectivity index (χ2v) is 19.8. The number of nitrogens with zero attached hydrogens (tertiary/aromatic N) is 4. The molecule has 0 amide bonds. The number of fused-ring (bicyclic) bond motifs is 7. The first-order valence-corrected chi connectivity index (χ1v) is 20.1. The molecule has 0 aliphatic heterocycles. The summed E-state index contributed by atoms with van der Waals surface area (Å²) in [6, 6.07) is 0. The Morgan fingerprint density at radius 1 is 0.944 bits per heavy atom. The quantitative estimate of drug-likeness (QED) is 0.246. The van der Waals surface area contributed by atoms with Crippen molar-refractivity contribution in [1.29, 1.82) is 0 Å². The minimum Gasteiger partial charge on any atom is -0.494 e. The summed E-state index contributed by atoms with van der Waals surface area (Å²) in [7, 11) is 1.57. The van der Waals surface area contributed by atoms with Crippen LogP contribution in [-0.2, 0) is 25.5 Å². The number of carbonyl (C=O) groups is 3. The molecule has 0 radical (unpaired) electrons. The molecular formula is C43H60N4O7. The zero-order chi connectivity index (χ0) is 39.2. The lowest BCUT2D eigenvalue weighted by Gasteiger charge is -2.72. The van der Waals surface area contributed by atoms with Crippen LogP contribution in [0.5, 0.6) is 5.75 Å². The molecule has 11 heteroatoms. The van der Waals surface area contributed by atoms with E-state index in [4.69, 9.17) is 13.9 Å². The molecule has 11 nitrogen and oxygen atoms in total. The van der Waals surface area contributed by atoms with Gasteiger partial charge in [0.25, 0.3) is 5.89 Å². The van der Waals surface area contributed by atoms with Crippen LogP contribution >= 0.6 is 0 Å². The van der Waals surface area contributed by atoms with Gasteiger partial charge in [0.2, 0.25) is 11.7 Å². The Morgan fingerprint density at radius 3 is 2.30 bits per heavy atom. The summed E-state index contributed by atoms with van der Waals surface area (Å²) in [5, 5.41) is 18.4. The van der Waals surface area contributed by atoms with Gasteiger partial charge in [-0.05, 0) is 111 Å². The van der Waals surface area contributed by atoms with Crippen molar-refractivity contribution in [3.63, 3.8) is 0 Å². The molecule has 0 aromatic carbocycles. The number of Topliss-reactive ketones (excluding diaryl/α,β-unsaturated/α-hetero) is 1. The van der Waals surface area contributed by atoms with Crippen LogP contribution in [-0.4, -0.2) is 56.2 Å². The Kier molecular flexibility index (Phi) is 9.28. The van der Waals surface area contributed by atoms with Gasteiger partial charge in [-0.2, -0.15) is 0 Å². The smallest absolute Gasteiger partial charge is 0.309 e. The number of allylic oxidation sites excluding steroid dienone is 2. The Balaban J connectivity index is 1.17. The lowest BCUT2D eigenvalue weighted by Crippen LogP contribution is -2.65. The van der Waals surface area contributed by atoms with Crippen molar-refractivity contribution in [2.45, 2.75) is 139 Å². The normalized spacial score (nSPS) is 35.9. The number of esters is 1. The van der Waals surface area contributed by atoms with Crippen LogP contribution in [0.15, 0.2) is 28.0 Å². The third-order valence-electron chi connectivity index (χ3n) is 16.0. The van der Waals surface area contributed by atoms with Crippen LogP contribution in [0.25, 0.3) is 11.7 Å². The summed E-state index contributed by atoms with van der Waals surface area (Å²) in [4.78, 5) is 47.7. The van der Waals surface area contributed by atoms with Gasteiger partial charge in [0.15, 0.2) is 11.5 Å². The zero-order valence-corrected chi connectivity index (χ0v) is 34.0. The summed E-state index contributed by atoms with van der Waals surface area (Å²) in [6.45, 7) is 19.7. The molecule has 2 aromatic rings. The fraction of sp³-hybridized carbons (Fsp3) is 0.744. The lowest BCUT2D eigenvalue weighted by molar-refractivity contribution is -0.233. The van der Waals surface area contributed by atoms with E-state index in [1.165, 1.54) is 5.57 Å². The van der Waals surface area contributed by atoms with Crippen LogP contribution in [0.2, 0.25) is 0 Å². The maximum absolute atomic E-state index is 14.1. The molecule has 0 unspecified atom stereocenters. The summed E-state index contributed by atoms with van der Waals surface area (Å²) < 4.78 is 17.6. The molecule has 8 atom stereocenters. The van der Waals surface area contributed by atoms with Crippen molar-refractivity contribution < 1.29 is 33.4 Å². The van der Waals surface area contributed by atoms with Gasteiger partial charge in [0.05, 0.1) is 31.3 Å². The van der Waals surface area contributed by atoms with E-state index in [0.717, 1.165) is 56.9 Å². The van der Waals surface area contributed by atoms with Gasteiger partial charge in [-0.15, -0.1) is 10.2 Å². The van der Waals surface area contributed by atoms with E-state index in [2.05, 4.69) is 68.6 Å². The highest BCUT2D eigenvalue weighted by Crippen LogP contribution is 2.77. The first kappa shape index (κ1) is 38.6. The van der Waals surface area contributed by atoms with Crippen molar-refractivity contribution in [2.24, 2.45) is 56.2 Å². The summed E-state index contributed by atoms with van der Waals surface area (Å²) in [6.07, 6.45) is 11.7. The molecule has 5 aliphatic rings. The molecule has 7 rings (SSSR count). The number of aromatic nitrogens is 4. The van der Waals surface area contributed by atoms with Gasteiger partial charge in [-0.25, -0.2) is 9.97 Å². The van der Waals surface area contributed by atoms with Crippen molar-refractivity contribution in [3.05, 3.63) is 29.4 Å². The fourth-order valence-electron chi connectivity index (χ4n) is 13.0. The number of hydrogen-bond donors (Lipinski definition) is 1. The number of rotatable bonds is 9. The van der Waals surface area contributed by atoms with Crippen molar-refractivity contribution in [2.75, 3.05) is 7.11 Å². The van der Waals surface area contributed by atoms with E-state index in [-0.39, 0.29) is 63.1 Å². The van der Waals surface area contributed by atoms with E-state index in [1.54, 1.807) is 33.4 Å². The summed E-state index contributed by atoms with van der Waals surface area (Å²) >= 11 is 0. The lowest BCUT2D eigenvalue weighted by atomic mass is 9.33. The molecule has 0 spiro atoms. The highest BCUT2D eigenvalue weighted by atomic mass is 16.5. The number of aliphatic carboxylic acids is 1. The number of ether oxygens (including phenoxy) is 2. The Hall–Kier alpha value is -3.63. The third-order valence-corrected chi connectivity index (χ3v) is 16.0. The highest BCUT2D eigenvalue weighted by molar-refractivity contribution is 6.00. The van der Waals surface area contributed by atoms with Crippen LogP contribution < -0.4 is 4.74 Å². The standard InChI is InChI=1S/C43H60N4O7/c1-24(2)33-27(48)19-43(20-31-46-47-36(54-31)35-44-22-25(52-10)23-45-35)18-17-41(8)26(34(33)43)11-12-29-40(7)15-14-30(53-32(49)21-38(3,4)37(50)51)39(5,6)28(40)13-16-42(29,41)9/h22-24,26,28-30H,11-21H2,1-10H3,(H,50,51)/t26-,28+,29-,30+,40+,41-,42-,43+/m1/s1. The number of hydrogen-bond acceptors (Lipinski definition) is 10. The second kappa shape index (κ2) is 13.0. The maximum atomic E-state index is 14.1. The van der Waals surface area contributed by atoms with Gasteiger partial charge < -0.3 is 19.0 Å². The minimum absolute atomic E-state index is 0.000297. The molecule has 4 saturated carbocycles. The number of carboxylic acids is 1. The van der Waals surface area contributed by atoms with Crippen molar-refractivity contribution in [1.82, 2.24) is 20.2 Å². The van der Waals surface area contributed by atoms with Crippen LogP contribution in [0, 0.1) is 56.2 Å². The van der Waals surface area contributed by atoms with Crippen molar-refractivity contribution in [3.8, 4) is 17.5 Å². The van der Waals surface area contributed by atoms with Gasteiger partial charge in [-0.1, -0.05) is 54.0 Å². The first-order chi connectivity index (χ1) is 25.2. The van der Waals surface area contributed by atoms with E-state index < -0.39 is 17.4 Å². The zero-order valence-electron chi connectivity index (χ0n) is 34.0. The van der Waals surface area contributed by atoms with E-state index in [9.17, 15) is 19.5 Å². The molecule has 4 fully saturated rings.